The number of amides is 2. The first-order valence-corrected chi connectivity index (χ1v) is 7.87. The van der Waals surface area contributed by atoms with E-state index < -0.39 is 17.8 Å². The van der Waals surface area contributed by atoms with E-state index in [1.807, 2.05) is 24.3 Å². The van der Waals surface area contributed by atoms with Gasteiger partial charge in [0, 0.05) is 19.3 Å². The SMILES string of the molecule is COc1ccccc1Cc1ccc(C(=O)ON2C(=O)CCC2=O)cc1. The zero-order valence-electron chi connectivity index (χ0n) is 13.7. The Morgan fingerprint density at radius 1 is 1.00 bits per heavy atom. The molecule has 0 spiro atoms. The van der Waals surface area contributed by atoms with E-state index >= 15 is 0 Å². The Morgan fingerprint density at radius 2 is 1.64 bits per heavy atom. The summed E-state index contributed by atoms with van der Waals surface area (Å²) in [5, 5.41) is 0.547. The third kappa shape index (κ3) is 3.68. The van der Waals surface area contributed by atoms with E-state index in [9.17, 15) is 14.4 Å². The highest BCUT2D eigenvalue weighted by molar-refractivity contribution is 6.02. The summed E-state index contributed by atoms with van der Waals surface area (Å²) in [6.45, 7) is 0. The minimum absolute atomic E-state index is 0.0734. The number of hydrogen-bond donors (Lipinski definition) is 0. The van der Waals surface area contributed by atoms with Crippen molar-refractivity contribution in [1.82, 2.24) is 5.06 Å². The Hall–Kier alpha value is -3.15. The van der Waals surface area contributed by atoms with E-state index in [2.05, 4.69) is 0 Å². The first-order valence-electron chi connectivity index (χ1n) is 7.87. The molecule has 0 bridgehead atoms. The molecule has 0 radical (unpaired) electrons. The zero-order valence-corrected chi connectivity index (χ0v) is 13.7. The van der Waals surface area contributed by atoms with Crippen LogP contribution in [-0.2, 0) is 20.8 Å². The molecule has 0 saturated carbocycles. The lowest BCUT2D eigenvalue weighted by Gasteiger charge is -2.13. The topological polar surface area (TPSA) is 72.9 Å². The molecule has 6 heteroatoms. The van der Waals surface area contributed by atoms with Crippen LogP contribution in [0.4, 0.5) is 0 Å². The predicted molar refractivity (Wildman–Crippen MR) is 88.7 cm³/mol. The van der Waals surface area contributed by atoms with Crippen molar-refractivity contribution in [2.24, 2.45) is 0 Å². The maximum absolute atomic E-state index is 12.1. The van der Waals surface area contributed by atoms with E-state index in [-0.39, 0.29) is 18.4 Å². The van der Waals surface area contributed by atoms with Crippen molar-refractivity contribution in [3.8, 4) is 5.75 Å². The second-order valence-corrected chi connectivity index (χ2v) is 5.65. The van der Waals surface area contributed by atoms with Gasteiger partial charge in [-0.3, -0.25) is 9.59 Å². The van der Waals surface area contributed by atoms with Gasteiger partial charge in [-0.1, -0.05) is 30.3 Å². The highest BCUT2D eigenvalue weighted by Gasteiger charge is 2.33. The Labute approximate surface area is 144 Å². The van der Waals surface area contributed by atoms with Crippen LogP contribution < -0.4 is 4.74 Å². The summed E-state index contributed by atoms with van der Waals surface area (Å²) in [5.74, 6) is -0.915. The molecule has 0 aliphatic carbocycles. The van der Waals surface area contributed by atoms with Crippen molar-refractivity contribution in [3.05, 3.63) is 65.2 Å². The number of carbonyl (C=O) groups is 3. The first-order chi connectivity index (χ1) is 12.1. The largest absolute Gasteiger partial charge is 0.496 e. The summed E-state index contributed by atoms with van der Waals surface area (Å²) in [7, 11) is 1.62. The number of methoxy groups -OCH3 is 1. The maximum atomic E-state index is 12.1. The predicted octanol–water partition coefficient (Wildman–Crippen LogP) is 2.51. The van der Waals surface area contributed by atoms with E-state index in [0.29, 0.717) is 11.5 Å². The second kappa shape index (κ2) is 7.17. The number of nitrogens with zero attached hydrogens (tertiary/aromatic N) is 1. The van der Waals surface area contributed by atoms with Crippen molar-refractivity contribution in [2.75, 3.05) is 7.11 Å². The number of para-hydroxylation sites is 1. The van der Waals surface area contributed by atoms with Crippen molar-refractivity contribution in [2.45, 2.75) is 19.3 Å². The molecule has 0 aromatic heterocycles. The Balaban J connectivity index is 1.68. The van der Waals surface area contributed by atoms with Gasteiger partial charge in [0.15, 0.2) is 0 Å². The van der Waals surface area contributed by atoms with Gasteiger partial charge in [0.05, 0.1) is 12.7 Å². The third-order valence-corrected chi connectivity index (χ3v) is 3.96. The van der Waals surface area contributed by atoms with Crippen LogP contribution in [0.3, 0.4) is 0 Å². The van der Waals surface area contributed by atoms with Crippen molar-refractivity contribution in [1.29, 1.82) is 0 Å². The average Bonchev–Trinajstić information content (AvgIpc) is 2.94. The standard InChI is InChI=1S/C19H17NO5/c1-24-16-5-3-2-4-15(16)12-13-6-8-14(9-7-13)19(23)25-20-17(21)10-11-18(20)22/h2-9H,10-12H2,1H3. The number of imide groups is 1. The van der Waals surface area contributed by atoms with Gasteiger partial charge in [-0.05, 0) is 29.3 Å². The molecule has 1 fully saturated rings. The van der Waals surface area contributed by atoms with Crippen molar-refractivity contribution >= 4 is 17.8 Å². The van der Waals surface area contributed by atoms with Gasteiger partial charge in [-0.25, -0.2) is 4.79 Å². The van der Waals surface area contributed by atoms with E-state index in [1.54, 1.807) is 31.4 Å². The first kappa shape index (κ1) is 16.7. The number of rotatable bonds is 5. The second-order valence-electron chi connectivity index (χ2n) is 5.65. The molecule has 0 atom stereocenters. The Morgan fingerprint density at radius 3 is 2.28 bits per heavy atom. The van der Waals surface area contributed by atoms with Crippen LogP contribution in [0.1, 0.15) is 34.3 Å². The molecule has 25 heavy (non-hydrogen) atoms. The smallest absolute Gasteiger partial charge is 0.363 e. The summed E-state index contributed by atoms with van der Waals surface area (Å²) in [5.41, 5.74) is 2.30. The fourth-order valence-electron chi connectivity index (χ4n) is 2.62. The Bertz CT molecular complexity index is 797. The summed E-state index contributed by atoms with van der Waals surface area (Å²) in [6, 6.07) is 14.5. The van der Waals surface area contributed by atoms with Crippen LogP contribution in [0.25, 0.3) is 0 Å². The van der Waals surface area contributed by atoms with Gasteiger partial charge in [-0.2, -0.15) is 0 Å². The van der Waals surface area contributed by atoms with Crippen LogP contribution in [0, 0.1) is 0 Å². The van der Waals surface area contributed by atoms with E-state index in [4.69, 9.17) is 9.57 Å². The maximum Gasteiger partial charge on any atom is 0.363 e. The molecule has 1 saturated heterocycles. The van der Waals surface area contributed by atoms with Gasteiger partial charge in [0.25, 0.3) is 11.8 Å². The fraction of sp³-hybridized carbons (Fsp3) is 0.211. The van der Waals surface area contributed by atoms with Gasteiger partial charge < -0.3 is 9.57 Å². The van der Waals surface area contributed by atoms with Crippen molar-refractivity contribution in [3.63, 3.8) is 0 Å². The summed E-state index contributed by atoms with van der Waals surface area (Å²) < 4.78 is 5.33. The quantitative estimate of drug-likeness (QED) is 0.783. The number of hydrogen-bond acceptors (Lipinski definition) is 5. The van der Waals surface area contributed by atoms with Crippen LogP contribution in [0.2, 0.25) is 0 Å². The molecular weight excluding hydrogens is 322 g/mol. The molecule has 2 aromatic rings. The normalized spacial score (nSPS) is 13.9. The molecule has 0 N–H and O–H groups in total. The lowest BCUT2D eigenvalue weighted by atomic mass is 10.0. The van der Waals surface area contributed by atoms with Crippen LogP contribution in [0.5, 0.6) is 5.75 Å². The van der Waals surface area contributed by atoms with Gasteiger partial charge in [-0.15, -0.1) is 5.06 Å². The minimum atomic E-state index is -0.729. The fourth-order valence-corrected chi connectivity index (χ4v) is 2.62. The summed E-state index contributed by atoms with van der Waals surface area (Å²) in [6.07, 6.45) is 0.802. The van der Waals surface area contributed by atoms with Gasteiger partial charge in [0.2, 0.25) is 0 Å². The molecule has 1 aliphatic heterocycles. The summed E-state index contributed by atoms with van der Waals surface area (Å²) >= 11 is 0. The Kier molecular flexibility index (Phi) is 4.79. The van der Waals surface area contributed by atoms with E-state index in [0.717, 1.165) is 16.9 Å². The van der Waals surface area contributed by atoms with Crippen molar-refractivity contribution < 1.29 is 24.0 Å². The molecule has 1 heterocycles. The highest BCUT2D eigenvalue weighted by atomic mass is 16.7. The molecule has 128 valence electrons. The highest BCUT2D eigenvalue weighted by Crippen LogP contribution is 2.21. The van der Waals surface area contributed by atoms with Crippen LogP contribution in [-0.4, -0.2) is 30.0 Å². The van der Waals surface area contributed by atoms with Crippen LogP contribution in [0.15, 0.2) is 48.5 Å². The molecule has 6 nitrogen and oxygen atoms in total. The molecule has 2 amide bonds. The number of benzene rings is 2. The number of hydroxylamine groups is 2. The molecule has 3 rings (SSSR count). The summed E-state index contributed by atoms with van der Waals surface area (Å²) in [4.78, 5) is 39.9. The lowest BCUT2D eigenvalue weighted by Crippen LogP contribution is -2.32. The van der Waals surface area contributed by atoms with Crippen LogP contribution >= 0.6 is 0 Å². The van der Waals surface area contributed by atoms with Gasteiger partial charge >= 0.3 is 5.97 Å². The number of ether oxygens (including phenoxy) is 1. The monoisotopic (exact) mass is 339 g/mol. The third-order valence-electron chi connectivity index (χ3n) is 3.96. The molecule has 2 aromatic carbocycles. The molecule has 0 unspecified atom stereocenters. The van der Waals surface area contributed by atoms with E-state index in [1.165, 1.54) is 0 Å². The minimum Gasteiger partial charge on any atom is -0.496 e. The van der Waals surface area contributed by atoms with Gasteiger partial charge in [0.1, 0.15) is 5.75 Å². The molecular formula is C19H17NO5. The number of carbonyl (C=O) groups excluding carboxylic acids is 3. The molecule has 1 aliphatic rings. The zero-order chi connectivity index (χ0) is 17.8. The lowest BCUT2D eigenvalue weighted by molar-refractivity contribution is -0.172. The average molecular weight is 339 g/mol.